The lowest BCUT2D eigenvalue weighted by Crippen LogP contribution is -2.21. The van der Waals surface area contributed by atoms with Crippen molar-refractivity contribution in [3.8, 4) is 17.0 Å². The summed E-state index contributed by atoms with van der Waals surface area (Å²) < 4.78 is 7.97. The highest BCUT2D eigenvalue weighted by Crippen LogP contribution is 2.65. The Morgan fingerprint density at radius 1 is 1.09 bits per heavy atom. The van der Waals surface area contributed by atoms with Gasteiger partial charge in [-0.2, -0.15) is 0 Å². The van der Waals surface area contributed by atoms with Gasteiger partial charge in [-0.05, 0) is 79.5 Å². The van der Waals surface area contributed by atoms with Crippen LogP contribution in [0.3, 0.4) is 0 Å². The lowest BCUT2D eigenvalue weighted by molar-refractivity contribution is -0.122. The highest BCUT2D eigenvalue weighted by atomic mass is 16.5. The van der Waals surface area contributed by atoms with Crippen LogP contribution in [0.15, 0.2) is 36.4 Å². The van der Waals surface area contributed by atoms with Crippen molar-refractivity contribution < 1.29 is 14.3 Å². The largest absolute Gasteiger partial charge is 0.497 e. The Bertz CT molecular complexity index is 1330. The van der Waals surface area contributed by atoms with Gasteiger partial charge >= 0.3 is 0 Å². The topological polar surface area (TPSA) is 60.3 Å². The van der Waals surface area contributed by atoms with E-state index >= 15 is 0 Å². The third-order valence-electron chi connectivity index (χ3n) is 8.71. The molecular formula is C29H32N2O3. The molecule has 34 heavy (non-hydrogen) atoms. The fraction of sp³-hybridized carbons (Fsp3) is 0.448. The predicted octanol–water partition coefficient (Wildman–Crippen LogP) is 5.80. The van der Waals surface area contributed by atoms with Crippen LogP contribution in [0.1, 0.15) is 78.8 Å². The molecule has 1 N–H and O–H groups in total. The van der Waals surface area contributed by atoms with Crippen molar-refractivity contribution in [1.29, 1.82) is 0 Å². The van der Waals surface area contributed by atoms with Crippen LogP contribution >= 0.6 is 0 Å². The summed E-state index contributed by atoms with van der Waals surface area (Å²) in [6.45, 7) is 2.41. The fourth-order valence-electron chi connectivity index (χ4n) is 6.76. The van der Waals surface area contributed by atoms with Gasteiger partial charge in [0, 0.05) is 35.6 Å². The Hall–Kier alpha value is -3.08. The number of Topliss-reactive ketones (excluding diaryl/α,β-unsaturated/α-hetero) is 1. The molecule has 2 fully saturated rings. The number of hydrogen-bond donors (Lipinski definition) is 1. The maximum atomic E-state index is 13.0. The van der Waals surface area contributed by atoms with E-state index in [4.69, 9.17) is 4.74 Å². The smallest absolute Gasteiger partial charge is 0.251 e. The Labute approximate surface area is 200 Å². The molecule has 2 saturated carbocycles. The number of methoxy groups -OCH3 is 1. The molecule has 2 aliphatic carbocycles. The maximum Gasteiger partial charge on any atom is 0.251 e. The molecule has 176 valence electrons. The SMILES string of the molecule is CNC(=O)c1ccc2c(C3CCCCC3)c3n(c2c1)CC1(C(C)=O)CC1c1cc(OC)ccc1-3. The van der Waals surface area contributed by atoms with E-state index in [1.807, 2.05) is 18.2 Å². The van der Waals surface area contributed by atoms with Gasteiger partial charge in [0.2, 0.25) is 0 Å². The zero-order chi connectivity index (χ0) is 23.6. The number of benzene rings is 2. The molecule has 0 saturated heterocycles. The average molecular weight is 457 g/mol. The summed E-state index contributed by atoms with van der Waals surface area (Å²) in [5.41, 5.74) is 6.47. The summed E-state index contributed by atoms with van der Waals surface area (Å²) in [5, 5.41) is 3.99. The predicted molar refractivity (Wildman–Crippen MR) is 134 cm³/mol. The normalized spacial score (nSPS) is 23.4. The van der Waals surface area contributed by atoms with Crippen LogP contribution in [-0.4, -0.2) is 30.4 Å². The Morgan fingerprint density at radius 2 is 1.88 bits per heavy atom. The van der Waals surface area contributed by atoms with Gasteiger partial charge in [-0.15, -0.1) is 0 Å². The quantitative estimate of drug-likeness (QED) is 0.540. The van der Waals surface area contributed by atoms with Crippen molar-refractivity contribution in [3.63, 3.8) is 0 Å². The molecule has 1 aliphatic heterocycles. The minimum Gasteiger partial charge on any atom is -0.497 e. The molecular weight excluding hydrogens is 424 g/mol. The molecule has 2 heterocycles. The number of nitrogens with zero attached hydrogens (tertiary/aromatic N) is 1. The summed E-state index contributed by atoms with van der Waals surface area (Å²) >= 11 is 0. The first-order valence-corrected chi connectivity index (χ1v) is 12.6. The van der Waals surface area contributed by atoms with E-state index in [9.17, 15) is 9.59 Å². The fourth-order valence-corrected chi connectivity index (χ4v) is 6.76. The van der Waals surface area contributed by atoms with Crippen LogP contribution in [-0.2, 0) is 11.3 Å². The Kier molecular flexibility index (Phi) is 4.87. The number of hydrogen-bond acceptors (Lipinski definition) is 3. The van der Waals surface area contributed by atoms with Crippen molar-refractivity contribution in [1.82, 2.24) is 9.88 Å². The second kappa shape index (κ2) is 7.72. The van der Waals surface area contributed by atoms with Gasteiger partial charge in [-0.3, -0.25) is 9.59 Å². The summed E-state index contributed by atoms with van der Waals surface area (Å²) in [7, 11) is 3.37. The molecule has 5 heteroatoms. The van der Waals surface area contributed by atoms with Crippen LogP contribution < -0.4 is 10.1 Å². The minimum atomic E-state index is -0.384. The summed E-state index contributed by atoms with van der Waals surface area (Å²) in [4.78, 5) is 25.6. The number of fused-ring (bicyclic) bond motifs is 7. The van der Waals surface area contributed by atoms with Crippen LogP contribution in [0, 0.1) is 5.41 Å². The van der Waals surface area contributed by atoms with Crippen LogP contribution in [0.5, 0.6) is 5.75 Å². The number of rotatable bonds is 4. The molecule has 0 spiro atoms. The van der Waals surface area contributed by atoms with E-state index in [0.29, 0.717) is 18.0 Å². The second-order valence-corrected chi connectivity index (χ2v) is 10.4. The third kappa shape index (κ3) is 2.98. The number of carbonyl (C=O) groups is 2. The number of nitrogens with one attached hydrogen (secondary N) is 1. The van der Waals surface area contributed by atoms with Crippen molar-refractivity contribution >= 4 is 22.6 Å². The van der Waals surface area contributed by atoms with Gasteiger partial charge in [0.15, 0.2) is 0 Å². The zero-order valence-electron chi connectivity index (χ0n) is 20.2. The van der Waals surface area contributed by atoms with Gasteiger partial charge in [-0.25, -0.2) is 0 Å². The number of ether oxygens (including phenoxy) is 1. The summed E-state index contributed by atoms with van der Waals surface area (Å²) in [5.74, 6) is 1.72. The van der Waals surface area contributed by atoms with Crippen molar-refractivity contribution in [3.05, 3.63) is 53.1 Å². The van der Waals surface area contributed by atoms with Gasteiger partial charge in [-0.1, -0.05) is 25.3 Å². The van der Waals surface area contributed by atoms with E-state index < -0.39 is 0 Å². The molecule has 2 unspecified atom stereocenters. The summed E-state index contributed by atoms with van der Waals surface area (Å²) in [6.07, 6.45) is 7.06. The van der Waals surface area contributed by atoms with Crippen LogP contribution in [0.4, 0.5) is 0 Å². The highest BCUT2D eigenvalue weighted by molar-refractivity contribution is 6.01. The van der Waals surface area contributed by atoms with Gasteiger partial charge in [0.25, 0.3) is 5.91 Å². The van der Waals surface area contributed by atoms with Gasteiger partial charge in [0.1, 0.15) is 11.5 Å². The molecule has 6 rings (SSSR count). The van der Waals surface area contributed by atoms with E-state index in [2.05, 4.69) is 28.1 Å². The number of carbonyl (C=O) groups excluding carboxylic acids is 2. The van der Waals surface area contributed by atoms with Gasteiger partial charge in [0.05, 0.1) is 18.2 Å². The van der Waals surface area contributed by atoms with E-state index in [1.165, 1.54) is 59.9 Å². The number of ketones is 1. The van der Waals surface area contributed by atoms with Gasteiger partial charge < -0.3 is 14.6 Å². The third-order valence-corrected chi connectivity index (χ3v) is 8.71. The first-order chi connectivity index (χ1) is 16.5. The van der Waals surface area contributed by atoms with E-state index in [1.54, 1.807) is 21.1 Å². The molecule has 2 atom stereocenters. The minimum absolute atomic E-state index is 0.0824. The lowest BCUT2D eigenvalue weighted by atomic mass is 9.81. The zero-order valence-corrected chi connectivity index (χ0v) is 20.2. The average Bonchev–Trinajstić information content (AvgIpc) is 3.54. The Balaban J connectivity index is 1.69. The highest BCUT2D eigenvalue weighted by Gasteiger charge is 2.61. The molecule has 3 aromatic rings. The first kappa shape index (κ1) is 21.5. The molecule has 2 aromatic carbocycles. The number of amides is 1. The van der Waals surface area contributed by atoms with Crippen molar-refractivity contribution in [2.75, 3.05) is 14.2 Å². The lowest BCUT2D eigenvalue weighted by Gasteiger charge is -2.24. The van der Waals surface area contributed by atoms with Crippen molar-refractivity contribution in [2.45, 2.75) is 63.8 Å². The maximum absolute atomic E-state index is 13.0. The van der Waals surface area contributed by atoms with Crippen molar-refractivity contribution in [2.24, 2.45) is 5.41 Å². The molecule has 0 radical (unpaired) electrons. The van der Waals surface area contributed by atoms with Crippen LogP contribution in [0.25, 0.3) is 22.2 Å². The number of aromatic nitrogens is 1. The molecule has 5 nitrogen and oxygen atoms in total. The molecule has 0 bridgehead atoms. The second-order valence-electron chi connectivity index (χ2n) is 10.4. The molecule has 3 aliphatic rings. The van der Waals surface area contributed by atoms with E-state index in [-0.39, 0.29) is 23.0 Å². The molecule has 1 amide bonds. The van der Waals surface area contributed by atoms with Crippen LogP contribution in [0.2, 0.25) is 0 Å². The molecule has 1 aromatic heterocycles. The Morgan fingerprint density at radius 3 is 2.59 bits per heavy atom. The summed E-state index contributed by atoms with van der Waals surface area (Å²) in [6, 6.07) is 12.5. The first-order valence-electron chi connectivity index (χ1n) is 12.6. The van der Waals surface area contributed by atoms with E-state index in [0.717, 1.165) is 17.7 Å². The standard InChI is InChI=1S/C29H32N2O3/c1-17(32)29-15-24(29)23-14-20(34-3)10-12-21(23)27-26(18-7-5-4-6-8-18)22-11-9-19(28(33)30-2)13-25(22)31(27)16-29/h9-14,18,24H,4-8,15-16H2,1-3H3,(H,30,33). The monoisotopic (exact) mass is 456 g/mol.